The van der Waals surface area contributed by atoms with E-state index in [1.54, 1.807) is 17.5 Å². The lowest BCUT2D eigenvalue weighted by Gasteiger charge is -2.27. The fraction of sp³-hybridized carbons (Fsp3) is 0.667. The molecule has 0 radical (unpaired) electrons. The van der Waals surface area contributed by atoms with Gasteiger partial charge in [-0.3, -0.25) is 4.79 Å². The molecule has 100 valence electrons. The minimum Gasteiger partial charge on any atom is -0.375 e. The molecule has 0 aromatic carbocycles. The van der Waals surface area contributed by atoms with E-state index in [1.165, 1.54) is 0 Å². The van der Waals surface area contributed by atoms with E-state index in [0.717, 1.165) is 18.1 Å². The highest BCUT2D eigenvalue weighted by molar-refractivity contribution is 7.09. The molecule has 2 rings (SSSR count). The molecule has 6 heteroatoms. The molecule has 18 heavy (non-hydrogen) atoms. The van der Waals surface area contributed by atoms with Gasteiger partial charge in [0.15, 0.2) is 0 Å². The number of amides is 1. The molecule has 0 aliphatic carbocycles. The molecule has 1 saturated heterocycles. The molecular weight excluding hydrogens is 250 g/mol. The van der Waals surface area contributed by atoms with Crippen LogP contribution in [0.4, 0.5) is 0 Å². The maximum atomic E-state index is 12.0. The van der Waals surface area contributed by atoms with Crippen molar-refractivity contribution < 1.29 is 9.53 Å². The van der Waals surface area contributed by atoms with Crippen molar-refractivity contribution in [3.8, 4) is 0 Å². The van der Waals surface area contributed by atoms with E-state index in [0.29, 0.717) is 13.0 Å². The minimum atomic E-state index is -0.423. The standard InChI is InChI=1S/C12H19N3O2S/c1-12(2,11-14-4-6-18-11)15-10(16)7-9-8-13-3-5-17-9/h4,6,9,13H,3,5,7-8H2,1-2H3,(H,15,16). The number of hydrogen-bond acceptors (Lipinski definition) is 5. The Hall–Kier alpha value is -0.980. The van der Waals surface area contributed by atoms with Crippen molar-refractivity contribution in [1.29, 1.82) is 0 Å². The molecule has 0 bridgehead atoms. The fourth-order valence-electron chi connectivity index (χ4n) is 1.94. The van der Waals surface area contributed by atoms with Crippen LogP contribution in [0, 0.1) is 0 Å². The van der Waals surface area contributed by atoms with E-state index >= 15 is 0 Å². The molecule has 0 spiro atoms. The summed E-state index contributed by atoms with van der Waals surface area (Å²) in [6.45, 7) is 6.20. The van der Waals surface area contributed by atoms with E-state index in [1.807, 2.05) is 19.2 Å². The largest absolute Gasteiger partial charge is 0.375 e. The molecule has 1 aliphatic heterocycles. The predicted molar refractivity (Wildman–Crippen MR) is 70.5 cm³/mol. The van der Waals surface area contributed by atoms with Crippen molar-refractivity contribution in [2.45, 2.75) is 31.9 Å². The van der Waals surface area contributed by atoms with Gasteiger partial charge in [0.1, 0.15) is 5.01 Å². The van der Waals surface area contributed by atoms with Crippen LogP contribution in [0.5, 0.6) is 0 Å². The Labute approximate surface area is 111 Å². The van der Waals surface area contributed by atoms with Crippen molar-refractivity contribution in [3.05, 3.63) is 16.6 Å². The summed E-state index contributed by atoms with van der Waals surface area (Å²) in [6.07, 6.45) is 2.12. The third-order valence-electron chi connectivity index (χ3n) is 2.84. The fourth-order valence-corrected chi connectivity index (χ4v) is 2.66. The molecule has 2 heterocycles. The summed E-state index contributed by atoms with van der Waals surface area (Å²) in [6, 6.07) is 0. The molecule has 1 unspecified atom stereocenters. The van der Waals surface area contributed by atoms with E-state index in [-0.39, 0.29) is 12.0 Å². The van der Waals surface area contributed by atoms with Crippen LogP contribution in [0.2, 0.25) is 0 Å². The summed E-state index contributed by atoms with van der Waals surface area (Å²) < 4.78 is 5.52. The van der Waals surface area contributed by atoms with Gasteiger partial charge in [0, 0.05) is 24.7 Å². The van der Waals surface area contributed by atoms with Gasteiger partial charge in [-0.25, -0.2) is 4.98 Å². The number of nitrogens with one attached hydrogen (secondary N) is 2. The lowest BCUT2D eigenvalue weighted by Crippen LogP contribution is -2.45. The summed E-state index contributed by atoms with van der Waals surface area (Å²) >= 11 is 1.55. The quantitative estimate of drug-likeness (QED) is 0.851. The second-order valence-corrected chi connectivity index (χ2v) is 5.81. The number of carbonyl (C=O) groups excluding carboxylic acids is 1. The second-order valence-electron chi connectivity index (χ2n) is 4.91. The van der Waals surface area contributed by atoms with Crippen LogP contribution in [0.15, 0.2) is 11.6 Å². The molecule has 5 nitrogen and oxygen atoms in total. The molecule has 1 aromatic heterocycles. The van der Waals surface area contributed by atoms with Crippen LogP contribution in [0.3, 0.4) is 0 Å². The molecule has 2 N–H and O–H groups in total. The summed E-state index contributed by atoms with van der Waals surface area (Å²) in [5.74, 6) is 0.00361. The zero-order valence-electron chi connectivity index (χ0n) is 10.7. The Balaban J connectivity index is 1.86. The number of ether oxygens (including phenoxy) is 1. The second kappa shape index (κ2) is 5.77. The molecule has 1 fully saturated rings. The Kier molecular flexibility index (Phi) is 4.31. The molecule has 1 atom stereocenters. The number of morpholine rings is 1. The molecular formula is C12H19N3O2S. The Bertz CT molecular complexity index is 386. The average Bonchev–Trinajstić information content (AvgIpc) is 2.83. The van der Waals surface area contributed by atoms with E-state index in [4.69, 9.17) is 4.74 Å². The first-order chi connectivity index (χ1) is 8.58. The Morgan fingerprint density at radius 2 is 2.56 bits per heavy atom. The van der Waals surface area contributed by atoms with Crippen LogP contribution >= 0.6 is 11.3 Å². The van der Waals surface area contributed by atoms with Crippen molar-refractivity contribution in [2.75, 3.05) is 19.7 Å². The summed E-state index contributed by atoms with van der Waals surface area (Å²) in [5.41, 5.74) is -0.423. The van der Waals surface area contributed by atoms with Gasteiger partial charge in [-0.2, -0.15) is 0 Å². The van der Waals surface area contributed by atoms with Gasteiger partial charge in [-0.1, -0.05) is 0 Å². The number of thiazole rings is 1. The average molecular weight is 269 g/mol. The zero-order valence-corrected chi connectivity index (χ0v) is 11.5. The third-order valence-corrected chi connectivity index (χ3v) is 3.93. The normalized spacial score (nSPS) is 20.7. The maximum Gasteiger partial charge on any atom is 0.223 e. The summed E-state index contributed by atoms with van der Waals surface area (Å²) in [7, 11) is 0. The molecule has 1 aliphatic rings. The van der Waals surface area contributed by atoms with Crippen LogP contribution in [-0.4, -0.2) is 36.7 Å². The number of rotatable bonds is 4. The number of carbonyl (C=O) groups is 1. The van der Waals surface area contributed by atoms with Crippen LogP contribution in [-0.2, 0) is 15.1 Å². The van der Waals surface area contributed by atoms with Crippen LogP contribution < -0.4 is 10.6 Å². The van der Waals surface area contributed by atoms with Crippen molar-refractivity contribution in [3.63, 3.8) is 0 Å². The van der Waals surface area contributed by atoms with Crippen LogP contribution in [0.1, 0.15) is 25.3 Å². The third kappa shape index (κ3) is 3.51. The number of nitrogens with zero attached hydrogens (tertiary/aromatic N) is 1. The Morgan fingerprint density at radius 3 is 3.17 bits per heavy atom. The van der Waals surface area contributed by atoms with Gasteiger partial charge >= 0.3 is 0 Å². The highest BCUT2D eigenvalue weighted by Gasteiger charge is 2.27. The first kappa shape index (κ1) is 13.5. The van der Waals surface area contributed by atoms with Crippen molar-refractivity contribution >= 4 is 17.2 Å². The SMILES string of the molecule is CC(C)(NC(=O)CC1CNCCO1)c1nccs1. The van der Waals surface area contributed by atoms with Gasteiger partial charge < -0.3 is 15.4 Å². The number of hydrogen-bond donors (Lipinski definition) is 2. The van der Waals surface area contributed by atoms with Crippen molar-refractivity contribution in [1.82, 2.24) is 15.6 Å². The topological polar surface area (TPSA) is 63.2 Å². The van der Waals surface area contributed by atoms with Gasteiger partial charge in [0.25, 0.3) is 0 Å². The van der Waals surface area contributed by atoms with Gasteiger partial charge in [-0.05, 0) is 13.8 Å². The lowest BCUT2D eigenvalue weighted by atomic mass is 10.1. The summed E-state index contributed by atoms with van der Waals surface area (Å²) in [4.78, 5) is 16.2. The zero-order chi connectivity index (χ0) is 13.0. The molecule has 0 saturated carbocycles. The van der Waals surface area contributed by atoms with Crippen LogP contribution in [0.25, 0.3) is 0 Å². The molecule has 1 amide bonds. The highest BCUT2D eigenvalue weighted by Crippen LogP contribution is 2.22. The van der Waals surface area contributed by atoms with Gasteiger partial charge in [0.2, 0.25) is 5.91 Å². The van der Waals surface area contributed by atoms with Gasteiger partial charge in [-0.15, -0.1) is 11.3 Å². The smallest absolute Gasteiger partial charge is 0.223 e. The highest BCUT2D eigenvalue weighted by atomic mass is 32.1. The lowest BCUT2D eigenvalue weighted by molar-refractivity contribution is -0.126. The first-order valence-electron chi connectivity index (χ1n) is 6.11. The van der Waals surface area contributed by atoms with Gasteiger partial charge in [0.05, 0.1) is 24.7 Å². The monoisotopic (exact) mass is 269 g/mol. The first-order valence-corrected chi connectivity index (χ1v) is 6.99. The maximum absolute atomic E-state index is 12.0. The van der Waals surface area contributed by atoms with E-state index in [2.05, 4.69) is 15.6 Å². The molecule has 1 aromatic rings. The van der Waals surface area contributed by atoms with E-state index in [9.17, 15) is 4.79 Å². The van der Waals surface area contributed by atoms with Crippen molar-refractivity contribution in [2.24, 2.45) is 0 Å². The minimum absolute atomic E-state index is 0.00361. The van der Waals surface area contributed by atoms with E-state index < -0.39 is 5.54 Å². The Morgan fingerprint density at radius 1 is 1.72 bits per heavy atom. The number of aromatic nitrogens is 1. The predicted octanol–water partition coefficient (Wildman–Crippen LogP) is 0.873. The summed E-state index contributed by atoms with van der Waals surface area (Å²) in [5, 5.41) is 9.05.